The van der Waals surface area contributed by atoms with Crippen LogP contribution in [-0.2, 0) is 4.74 Å². The molecule has 0 saturated carbocycles. The van der Waals surface area contributed by atoms with Gasteiger partial charge in [0, 0.05) is 17.3 Å². The number of ether oxygens (including phenoxy) is 1. The zero-order valence-corrected chi connectivity index (χ0v) is 11.1. The molecule has 2 nitrogen and oxygen atoms in total. The van der Waals surface area contributed by atoms with Crippen LogP contribution in [0.5, 0.6) is 0 Å². The maximum atomic E-state index is 10.4. The molecule has 3 heteroatoms. The highest BCUT2D eigenvalue weighted by Gasteiger charge is 2.34. The van der Waals surface area contributed by atoms with Crippen molar-refractivity contribution in [1.29, 1.82) is 0 Å². The van der Waals surface area contributed by atoms with Crippen LogP contribution in [0.4, 0.5) is 0 Å². The smallest absolute Gasteiger partial charge is 0.0888 e. The lowest BCUT2D eigenvalue weighted by Crippen LogP contribution is -2.39. The molecular weight excluding hydrogens is 232 g/mol. The van der Waals surface area contributed by atoms with E-state index in [1.807, 2.05) is 25.1 Å². The molecule has 0 unspecified atom stereocenters. The maximum Gasteiger partial charge on any atom is 0.0888 e. The molecule has 94 valence electrons. The lowest BCUT2D eigenvalue weighted by Gasteiger charge is -2.29. The summed E-state index contributed by atoms with van der Waals surface area (Å²) >= 11 is 1.79. The minimum absolute atomic E-state index is 0.0267. The molecule has 0 aromatic heterocycles. The largest absolute Gasteiger partial charge is 0.387 e. The first-order chi connectivity index (χ1) is 8.18. The van der Waals surface area contributed by atoms with E-state index in [1.165, 1.54) is 4.90 Å². The van der Waals surface area contributed by atoms with Gasteiger partial charge in [0.1, 0.15) is 0 Å². The Balaban J connectivity index is 1.77. The average Bonchev–Trinajstić information content (AvgIpc) is 2.84. The van der Waals surface area contributed by atoms with Crippen molar-refractivity contribution in [1.82, 2.24) is 0 Å². The fourth-order valence-electron chi connectivity index (χ4n) is 2.12. The molecule has 17 heavy (non-hydrogen) atoms. The third kappa shape index (κ3) is 3.73. The fraction of sp³-hybridized carbons (Fsp3) is 0.571. The summed E-state index contributed by atoms with van der Waals surface area (Å²) in [4.78, 5) is 1.26. The van der Waals surface area contributed by atoms with Crippen LogP contribution in [-0.4, -0.2) is 29.2 Å². The number of aliphatic hydroxyl groups is 1. The Morgan fingerprint density at radius 2 is 2.18 bits per heavy atom. The van der Waals surface area contributed by atoms with E-state index in [4.69, 9.17) is 4.74 Å². The Labute approximate surface area is 107 Å². The van der Waals surface area contributed by atoms with Crippen LogP contribution < -0.4 is 0 Å². The number of benzene rings is 1. The van der Waals surface area contributed by atoms with Crippen molar-refractivity contribution in [3.05, 3.63) is 30.3 Å². The zero-order chi connectivity index (χ0) is 12.1. The van der Waals surface area contributed by atoms with Crippen molar-refractivity contribution in [3.8, 4) is 0 Å². The van der Waals surface area contributed by atoms with Crippen LogP contribution in [0.15, 0.2) is 35.2 Å². The van der Waals surface area contributed by atoms with Crippen LogP contribution in [0.2, 0.25) is 0 Å². The van der Waals surface area contributed by atoms with Gasteiger partial charge in [0.25, 0.3) is 0 Å². The van der Waals surface area contributed by atoms with E-state index in [-0.39, 0.29) is 6.10 Å². The molecule has 1 saturated heterocycles. The van der Waals surface area contributed by atoms with Gasteiger partial charge in [-0.1, -0.05) is 18.2 Å². The molecule has 1 N–H and O–H groups in total. The quantitative estimate of drug-likeness (QED) is 0.817. The molecule has 2 rings (SSSR count). The molecule has 0 spiro atoms. The SMILES string of the molecule is C[C@@](O)(CCSc1ccccc1)[C@H]1CCCO1. The summed E-state index contributed by atoms with van der Waals surface area (Å²) in [6.45, 7) is 2.70. The van der Waals surface area contributed by atoms with E-state index < -0.39 is 5.60 Å². The minimum atomic E-state index is -0.682. The van der Waals surface area contributed by atoms with Gasteiger partial charge in [-0.2, -0.15) is 0 Å². The van der Waals surface area contributed by atoms with Crippen molar-refractivity contribution in [3.63, 3.8) is 0 Å². The van der Waals surface area contributed by atoms with Gasteiger partial charge in [0.05, 0.1) is 11.7 Å². The van der Waals surface area contributed by atoms with Gasteiger partial charge in [-0.3, -0.25) is 0 Å². The number of thioether (sulfide) groups is 1. The minimum Gasteiger partial charge on any atom is -0.387 e. The van der Waals surface area contributed by atoms with Gasteiger partial charge in [0.2, 0.25) is 0 Å². The van der Waals surface area contributed by atoms with Crippen molar-refractivity contribution in [2.75, 3.05) is 12.4 Å². The second-order valence-electron chi connectivity index (χ2n) is 4.77. The molecular formula is C14H20O2S. The van der Waals surface area contributed by atoms with Crippen LogP contribution in [0, 0.1) is 0 Å². The predicted molar refractivity (Wildman–Crippen MR) is 71.4 cm³/mol. The van der Waals surface area contributed by atoms with Crippen LogP contribution >= 0.6 is 11.8 Å². The van der Waals surface area contributed by atoms with E-state index in [0.29, 0.717) is 0 Å². The van der Waals surface area contributed by atoms with E-state index in [0.717, 1.165) is 31.6 Å². The number of hydrogen-bond acceptors (Lipinski definition) is 3. The molecule has 1 fully saturated rings. The summed E-state index contributed by atoms with van der Waals surface area (Å²) in [5, 5.41) is 10.4. The standard InChI is InChI=1S/C14H20O2S/c1-14(15,13-8-5-10-16-13)9-11-17-12-6-3-2-4-7-12/h2-4,6-7,13,15H,5,8-11H2,1H3/t13-,14-/m1/s1. The highest BCUT2D eigenvalue weighted by atomic mass is 32.2. The van der Waals surface area contributed by atoms with Gasteiger partial charge in [-0.15, -0.1) is 11.8 Å². The highest BCUT2D eigenvalue weighted by molar-refractivity contribution is 7.99. The Morgan fingerprint density at radius 3 is 2.82 bits per heavy atom. The predicted octanol–water partition coefficient (Wildman–Crippen LogP) is 3.10. The summed E-state index contributed by atoms with van der Waals surface area (Å²) in [7, 11) is 0. The lowest BCUT2D eigenvalue weighted by molar-refractivity contribution is -0.0735. The van der Waals surface area contributed by atoms with Gasteiger partial charge in [-0.25, -0.2) is 0 Å². The Morgan fingerprint density at radius 1 is 1.41 bits per heavy atom. The summed E-state index contributed by atoms with van der Waals surface area (Å²) in [6, 6.07) is 10.3. The lowest BCUT2D eigenvalue weighted by atomic mass is 9.94. The first-order valence-electron chi connectivity index (χ1n) is 6.20. The Hall–Kier alpha value is -0.510. The summed E-state index contributed by atoms with van der Waals surface area (Å²) in [5.74, 6) is 0.927. The van der Waals surface area contributed by atoms with Gasteiger partial charge in [0.15, 0.2) is 0 Å². The van der Waals surface area contributed by atoms with Crippen molar-refractivity contribution < 1.29 is 9.84 Å². The normalized spacial score (nSPS) is 23.5. The molecule has 0 bridgehead atoms. The maximum absolute atomic E-state index is 10.4. The van der Waals surface area contributed by atoms with Gasteiger partial charge in [-0.05, 0) is 38.3 Å². The zero-order valence-electron chi connectivity index (χ0n) is 10.3. The topological polar surface area (TPSA) is 29.5 Å². The second-order valence-corrected chi connectivity index (χ2v) is 5.94. The summed E-state index contributed by atoms with van der Waals surface area (Å²) in [6.07, 6.45) is 2.87. The fourth-order valence-corrected chi connectivity index (χ4v) is 3.22. The molecule has 1 aliphatic rings. The molecule has 0 radical (unpaired) electrons. The molecule has 1 heterocycles. The molecule has 1 aliphatic heterocycles. The van der Waals surface area contributed by atoms with Gasteiger partial charge < -0.3 is 9.84 Å². The Kier molecular flexibility index (Phi) is 4.48. The first-order valence-corrected chi connectivity index (χ1v) is 7.19. The van der Waals surface area contributed by atoms with E-state index >= 15 is 0 Å². The molecule has 1 aromatic carbocycles. The van der Waals surface area contributed by atoms with Crippen molar-refractivity contribution in [2.24, 2.45) is 0 Å². The molecule has 0 aliphatic carbocycles. The van der Waals surface area contributed by atoms with Crippen LogP contribution in [0.3, 0.4) is 0 Å². The summed E-state index contributed by atoms with van der Waals surface area (Å²) < 4.78 is 5.56. The Bertz CT molecular complexity index is 331. The van der Waals surface area contributed by atoms with E-state index in [2.05, 4.69) is 12.1 Å². The third-order valence-corrected chi connectivity index (χ3v) is 4.26. The van der Waals surface area contributed by atoms with Crippen molar-refractivity contribution in [2.45, 2.75) is 42.8 Å². The van der Waals surface area contributed by atoms with Crippen LogP contribution in [0.25, 0.3) is 0 Å². The summed E-state index contributed by atoms with van der Waals surface area (Å²) in [5.41, 5.74) is -0.682. The number of hydrogen-bond donors (Lipinski definition) is 1. The third-order valence-electron chi connectivity index (χ3n) is 3.24. The van der Waals surface area contributed by atoms with Gasteiger partial charge >= 0.3 is 0 Å². The second kappa shape index (κ2) is 5.89. The van der Waals surface area contributed by atoms with E-state index in [9.17, 15) is 5.11 Å². The first kappa shape index (κ1) is 12.9. The average molecular weight is 252 g/mol. The van der Waals surface area contributed by atoms with Crippen LogP contribution in [0.1, 0.15) is 26.2 Å². The number of rotatable bonds is 5. The van der Waals surface area contributed by atoms with E-state index in [1.54, 1.807) is 11.8 Å². The highest BCUT2D eigenvalue weighted by Crippen LogP contribution is 2.29. The molecule has 0 amide bonds. The molecule has 2 atom stereocenters. The monoisotopic (exact) mass is 252 g/mol. The van der Waals surface area contributed by atoms with Crippen molar-refractivity contribution >= 4 is 11.8 Å². The molecule has 1 aromatic rings.